The predicted octanol–water partition coefficient (Wildman–Crippen LogP) is 5.35. The van der Waals surface area contributed by atoms with Crippen molar-refractivity contribution in [1.82, 2.24) is 4.90 Å². The molecule has 1 heterocycles. The van der Waals surface area contributed by atoms with Crippen LogP contribution in [0.25, 0.3) is 6.08 Å². The molecule has 0 N–H and O–H groups in total. The van der Waals surface area contributed by atoms with Gasteiger partial charge in [-0.05, 0) is 67.8 Å². The van der Waals surface area contributed by atoms with Crippen molar-refractivity contribution in [3.63, 3.8) is 0 Å². The van der Waals surface area contributed by atoms with E-state index in [9.17, 15) is 14.4 Å². The number of aryl methyl sites for hydroxylation is 1. The van der Waals surface area contributed by atoms with Gasteiger partial charge < -0.3 is 14.2 Å². The first kappa shape index (κ1) is 25.6. The molecule has 0 saturated carbocycles. The number of thioether (sulfide) groups is 1. The quantitative estimate of drug-likeness (QED) is 0.302. The molecule has 1 saturated heterocycles. The van der Waals surface area contributed by atoms with Crippen molar-refractivity contribution in [1.29, 1.82) is 0 Å². The molecule has 2 amide bonds. The maximum absolute atomic E-state index is 12.8. The monoisotopic (exact) mass is 503 g/mol. The number of benzene rings is 2. The summed E-state index contributed by atoms with van der Waals surface area (Å²) < 4.78 is 16.0. The van der Waals surface area contributed by atoms with E-state index in [1.54, 1.807) is 32.1 Å². The van der Waals surface area contributed by atoms with Crippen molar-refractivity contribution < 1.29 is 28.6 Å². The topological polar surface area (TPSA) is 82.1 Å². The summed E-state index contributed by atoms with van der Waals surface area (Å²) in [7, 11) is 0. The number of nitrogens with zero attached hydrogens (tertiary/aromatic N) is 1. The third kappa shape index (κ3) is 6.77. The third-order valence-electron chi connectivity index (χ3n) is 4.83. The predicted molar refractivity (Wildman–Crippen MR) is 132 cm³/mol. The van der Waals surface area contributed by atoms with Crippen LogP contribution in [0.2, 0.25) is 5.02 Å². The Morgan fingerprint density at radius 3 is 2.56 bits per heavy atom. The Morgan fingerprint density at radius 1 is 1.09 bits per heavy atom. The molecule has 2 aromatic carbocycles. The van der Waals surface area contributed by atoms with Crippen LogP contribution in [0.15, 0.2) is 47.4 Å². The molecule has 0 aliphatic carbocycles. The number of rotatable bonds is 11. The number of esters is 1. The molecule has 7 nitrogen and oxygen atoms in total. The Hall–Kier alpha value is -2.97. The first-order valence-electron chi connectivity index (χ1n) is 11.0. The zero-order valence-electron chi connectivity index (χ0n) is 19.0. The molecule has 1 aliphatic rings. The molecule has 1 aliphatic heterocycles. The lowest BCUT2D eigenvalue weighted by molar-refractivity contribution is -0.145. The maximum atomic E-state index is 12.8. The van der Waals surface area contributed by atoms with Crippen molar-refractivity contribution in [3.05, 3.63) is 63.5 Å². The van der Waals surface area contributed by atoms with Crippen LogP contribution < -0.4 is 9.47 Å². The molecule has 2 aromatic rings. The zero-order chi connectivity index (χ0) is 24.5. The average molecular weight is 504 g/mol. The number of amides is 2. The fourth-order valence-electron chi connectivity index (χ4n) is 3.34. The minimum atomic E-state index is -0.522. The van der Waals surface area contributed by atoms with Crippen molar-refractivity contribution in [2.75, 3.05) is 26.4 Å². The molecule has 0 radical (unpaired) electrons. The van der Waals surface area contributed by atoms with Crippen LogP contribution in [-0.2, 0) is 20.7 Å². The normalized spacial score (nSPS) is 14.6. The molecule has 0 aromatic heterocycles. The van der Waals surface area contributed by atoms with E-state index in [4.69, 9.17) is 25.8 Å². The van der Waals surface area contributed by atoms with Gasteiger partial charge in [-0.15, -0.1) is 0 Å². The third-order valence-corrected chi connectivity index (χ3v) is 6.02. The Kier molecular flexibility index (Phi) is 9.42. The summed E-state index contributed by atoms with van der Waals surface area (Å²) in [5.74, 6) is -0.318. The SMILES string of the molecule is CCOC(=O)COc1c(Cl)cc(/C=C2/SC(=O)N(CCCc3ccccc3)C2=O)cc1OCC. The van der Waals surface area contributed by atoms with Crippen LogP contribution in [-0.4, -0.2) is 48.4 Å². The van der Waals surface area contributed by atoms with Gasteiger partial charge in [0.1, 0.15) is 0 Å². The van der Waals surface area contributed by atoms with E-state index >= 15 is 0 Å². The van der Waals surface area contributed by atoms with Crippen LogP contribution in [0.3, 0.4) is 0 Å². The van der Waals surface area contributed by atoms with E-state index in [1.807, 2.05) is 30.3 Å². The zero-order valence-corrected chi connectivity index (χ0v) is 20.6. The molecule has 1 fully saturated rings. The Morgan fingerprint density at radius 2 is 1.85 bits per heavy atom. The molecule has 34 heavy (non-hydrogen) atoms. The number of halogens is 1. The van der Waals surface area contributed by atoms with E-state index < -0.39 is 5.97 Å². The highest BCUT2D eigenvalue weighted by Gasteiger charge is 2.34. The number of carbonyl (C=O) groups is 3. The van der Waals surface area contributed by atoms with Crippen molar-refractivity contribution in [3.8, 4) is 11.5 Å². The standard InChI is InChI=1S/C25H26ClNO6S/c1-3-31-20-14-18(13-19(26)23(20)33-16-22(28)32-4-2)15-21-24(29)27(25(30)34-21)12-8-11-17-9-6-5-7-10-17/h5-7,9-10,13-15H,3-4,8,11-12,16H2,1-2H3/b21-15+. The van der Waals surface area contributed by atoms with Gasteiger partial charge in [0.2, 0.25) is 0 Å². The summed E-state index contributed by atoms with van der Waals surface area (Å²) in [4.78, 5) is 38.5. The average Bonchev–Trinajstić information content (AvgIpc) is 3.07. The molecule has 0 unspecified atom stereocenters. The second kappa shape index (κ2) is 12.5. The van der Waals surface area contributed by atoms with Crippen molar-refractivity contribution >= 4 is 46.6 Å². The lowest BCUT2D eigenvalue weighted by atomic mass is 10.1. The minimum Gasteiger partial charge on any atom is -0.490 e. The van der Waals surface area contributed by atoms with Gasteiger partial charge in [-0.25, -0.2) is 4.79 Å². The van der Waals surface area contributed by atoms with Crippen molar-refractivity contribution in [2.45, 2.75) is 26.7 Å². The summed E-state index contributed by atoms with van der Waals surface area (Å²) in [6.45, 7) is 4.13. The fraction of sp³-hybridized carbons (Fsp3) is 0.320. The van der Waals surface area contributed by atoms with Gasteiger partial charge in [-0.3, -0.25) is 14.5 Å². The van der Waals surface area contributed by atoms with Crippen LogP contribution in [0, 0.1) is 0 Å². The van der Waals surface area contributed by atoms with Gasteiger partial charge in [-0.2, -0.15) is 0 Å². The van der Waals surface area contributed by atoms with Crippen LogP contribution in [0.5, 0.6) is 11.5 Å². The van der Waals surface area contributed by atoms with E-state index in [2.05, 4.69) is 0 Å². The summed E-state index contributed by atoms with van der Waals surface area (Å²) in [6.07, 6.45) is 3.07. The largest absolute Gasteiger partial charge is 0.490 e. The minimum absolute atomic E-state index is 0.211. The van der Waals surface area contributed by atoms with Gasteiger partial charge in [0.05, 0.1) is 23.1 Å². The second-order valence-corrected chi connectivity index (χ2v) is 8.68. The van der Waals surface area contributed by atoms with Crippen LogP contribution in [0.4, 0.5) is 4.79 Å². The van der Waals surface area contributed by atoms with Gasteiger partial charge >= 0.3 is 5.97 Å². The van der Waals surface area contributed by atoms with E-state index in [0.717, 1.165) is 23.7 Å². The summed E-state index contributed by atoms with van der Waals surface area (Å²) in [5.41, 5.74) is 1.74. The molecular formula is C25H26ClNO6S. The number of ether oxygens (including phenoxy) is 3. The highest BCUT2D eigenvalue weighted by Crippen LogP contribution is 2.39. The molecular weight excluding hydrogens is 478 g/mol. The summed E-state index contributed by atoms with van der Waals surface area (Å²) in [5, 5.41) is -0.0848. The van der Waals surface area contributed by atoms with Gasteiger partial charge in [0.25, 0.3) is 11.1 Å². The molecule has 3 rings (SSSR count). The number of carbonyl (C=O) groups excluding carboxylic acids is 3. The Bertz CT molecular complexity index is 1070. The van der Waals surface area contributed by atoms with Crippen molar-refractivity contribution in [2.24, 2.45) is 0 Å². The molecule has 9 heteroatoms. The fourth-order valence-corrected chi connectivity index (χ4v) is 4.48. The maximum Gasteiger partial charge on any atom is 0.344 e. The van der Waals surface area contributed by atoms with E-state index in [1.165, 1.54) is 4.90 Å². The summed E-state index contributed by atoms with van der Waals surface area (Å²) in [6, 6.07) is 13.2. The molecule has 0 spiro atoms. The molecule has 0 atom stereocenters. The number of hydrogen-bond donors (Lipinski definition) is 0. The van der Waals surface area contributed by atoms with Gasteiger partial charge in [0, 0.05) is 6.54 Å². The lowest BCUT2D eigenvalue weighted by Gasteiger charge is -2.14. The number of hydrogen-bond acceptors (Lipinski definition) is 7. The first-order chi connectivity index (χ1) is 16.4. The second-order valence-electron chi connectivity index (χ2n) is 7.28. The lowest BCUT2D eigenvalue weighted by Crippen LogP contribution is -2.29. The van der Waals surface area contributed by atoms with E-state index in [-0.39, 0.29) is 35.1 Å². The number of imide groups is 1. The Labute approximate surface area is 208 Å². The molecule has 0 bridgehead atoms. The van der Waals surface area contributed by atoms with Gasteiger partial charge in [-0.1, -0.05) is 41.9 Å². The van der Waals surface area contributed by atoms with Crippen LogP contribution in [0.1, 0.15) is 31.4 Å². The highest BCUT2D eigenvalue weighted by atomic mass is 35.5. The van der Waals surface area contributed by atoms with Crippen LogP contribution >= 0.6 is 23.4 Å². The van der Waals surface area contributed by atoms with E-state index in [0.29, 0.717) is 35.8 Å². The van der Waals surface area contributed by atoms with Gasteiger partial charge in [0.15, 0.2) is 18.1 Å². The highest BCUT2D eigenvalue weighted by molar-refractivity contribution is 8.18. The molecule has 180 valence electrons. The smallest absolute Gasteiger partial charge is 0.344 e. The first-order valence-corrected chi connectivity index (χ1v) is 12.2. The Balaban J connectivity index is 1.71. The summed E-state index contributed by atoms with van der Waals surface area (Å²) >= 11 is 7.28.